The summed E-state index contributed by atoms with van der Waals surface area (Å²) in [6, 6.07) is 6.70. The number of carboxylic acid groups (broad SMARTS) is 1. The van der Waals surface area contributed by atoms with E-state index in [1.165, 1.54) is 0 Å². The zero-order valence-corrected chi connectivity index (χ0v) is 12.5. The Morgan fingerprint density at radius 3 is 2.57 bits per heavy atom. The first kappa shape index (κ1) is 14.4. The van der Waals surface area contributed by atoms with Gasteiger partial charge in [0.1, 0.15) is 5.75 Å². The third kappa shape index (κ3) is 3.05. The zero-order chi connectivity index (χ0) is 15.0. The standard InChI is InChI=1S/C17H23NO3/c1-11-2-5-16(19)13(6-11)10-18-14-3-4-15(18)8-12(7-14)9-17(20)21/h2,5-6,12,14-15,19H,3-4,7-10H2,1H3,(H,20,21). The van der Waals surface area contributed by atoms with E-state index in [0.717, 1.165) is 43.4 Å². The molecule has 2 atom stereocenters. The van der Waals surface area contributed by atoms with Crippen molar-refractivity contribution in [2.75, 3.05) is 0 Å². The molecule has 4 heteroatoms. The molecule has 2 aliphatic rings. The number of rotatable bonds is 4. The summed E-state index contributed by atoms with van der Waals surface area (Å²) in [6.07, 6.45) is 4.59. The molecule has 0 aromatic heterocycles. The molecule has 2 saturated heterocycles. The van der Waals surface area contributed by atoms with Gasteiger partial charge in [0, 0.05) is 30.6 Å². The van der Waals surface area contributed by atoms with Gasteiger partial charge in [-0.1, -0.05) is 17.7 Å². The molecule has 4 nitrogen and oxygen atoms in total. The lowest BCUT2D eigenvalue weighted by atomic mass is 9.88. The number of hydrogen-bond donors (Lipinski definition) is 2. The van der Waals surface area contributed by atoms with Crippen molar-refractivity contribution in [3.8, 4) is 5.75 Å². The van der Waals surface area contributed by atoms with Crippen LogP contribution in [0, 0.1) is 12.8 Å². The Balaban J connectivity index is 1.71. The first-order chi connectivity index (χ1) is 10.0. The predicted octanol–water partition coefficient (Wildman–Crippen LogP) is 2.92. The summed E-state index contributed by atoms with van der Waals surface area (Å²) in [5.41, 5.74) is 2.15. The first-order valence-electron chi connectivity index (χ1n) is 7.79. The van der Waals surface area contributed by atoms with Crippen LogP contribution in [0.3, 0.4) is 0 Å². The molecular weight excluding hydrogens is 266 g/mol. The van der Waals surface area contributed by atoms with Gasteiger partial charge in [-0.05, 0) is 44.6 Å². The predicted molar refractivity (Wildman–Crippen MR) is 80.2 cm³/mol. The molecule has 0 amide bonds. The molecule has 2 unspecified atom stereocenters. The smallest absolute Gasteiger partial charge is 0.303 e. The second-order valence-electron chi connectivity index (χ2n) is 6.62. The quantitative estimate of drug-likeness (QED) is 0.894. The molecule has 0 spiro atoms. The summed E-state index contributed by atoms with van der Waals surface area (Å²) < 4.78 is 0. The molecule has 3 rings (SSSR count). The van der Waals surface area contributed by atoms with Crippen LogP contribution in [0.25, 0.3) is 0 Å². The lowest BCUT2D eigenvalue weighted by molar-refractivity contribution is -0.138. The monoisotopic (exact) mass is 289 g/mol. The summed E-state index contributed by atoms with van der Waals surface area (Å²) in [5.74, 6) is 0.0131. The van der Waals surface area contributed by atoms with E-state index in [1.807, 2.05) is 13.0 Å². The van der Waals surface area contributed by atoms with Gasteiger partial charge in [-0.2, -0.15) is 0 Å². The summed E-state index contributed by atoms with van der Waals surface area (Å²) in [5, 5.41) is 19.0. The van der Waals surface area contributed by atoms with Crippen molar-refractivity contribution in [1.82, 2.24) is 4.90 Å². The lowest BCUT2D eigenvalue weighted by Gasteiger charge is -2.38. The Morgan fingerprint density at radius 1 is 1.29 bits per heavy atom. The summed E-state index contributed by atoms with van der Waals surface area (Å²) in [4.78, 5) is 13.4. The maximum Gasteiger partial charge on any atom is 0.303 e. The van der Waals surface area contributed by atoms with Crippen molar-refractivity contribution in [3.63, 3.8) is 0 Å². The van der Waals surface area contributed by atoms with Gasteiger partial charge in [0.2, 0.25) is 0 Å². The second kappa shape index (κ2) is 5.68. The fourth-order valence-electron chi connectivity index (χ4n) is 4.10. The molecule has 114 valence electrons. The fraction of sp³-hybridized carbons (Fsp3) is 0.588. The van der Waals surface area contributed by atoms with Gasteiger partial charge >= 0.3 is 5.97 Å². The minimum atomic E-state index is -0.677. The number of fused-ring (bicyclic) bond motifs is 2. The van der Waals surface area contributed by atoms with Crippen LogP contribution < -0.4 is 0 Å². The summed E-state index contributed by atoms with van der Waals surface area (Å²) in [7, 11) is 0. The molecule has 0 saturated carbocycles. The molecule has 2 heterocycles. The number of carboxylic acids is 1. The Morgan fingerprint density at radius 2 is 1.95 bits per heavy atom. The number of hydrogen-bond acceptors (Lipinski definition) is 3. The van der Waals surface area contributed by atoms with Crippen molar-refractivity contribution in [2.45, 2.75) is 57.7 Å². The van der Waals surface area contributed by atoms with Crippen molar-refractivity contribution >= 4 is 5.97 Å². The van der Waals surface area contributed by atoms with E-state index >= 15 is 0 Å². The van der Waals surface area contributed by atoms with E-state index in [-0.39, 0.29) is 0 Å². The number of phenols is 1. The van der Waals surface area contributed by atoms with E-state index in [4.69, 9.17) is 5.11 Å². The molecule has 2 fully saturated rings. The van der Waals surface area contributed by atoms with E-state index in [2.05, 4.69) is 11.0 Å². The molecule has 1 aromatic carbocycles. The van der Waals surface area contributed by atoms with E-state index in [9.17, 15) is 9.90 Å². The number of aryl methyl sites for hydroxylation is 1. The molecule has 2 N–H and O–H groups in total. The molecule has 0 aliphatic carbocycles. The summed E-state index contributed by atoms with van der Waals surface area (Å²) in [6.45, 7) is 2.82. The Hall–Kier alpha value is -1.55. The fourth-order valence-corrected chi connectivity index (χ4v) is 4.10. The summed E-state index contributed by atoms with van der Waals surface area (Å²) >= 11 is 0. The van der Waals surface area contributed by atoms with E-state index < -0.39 is 5.97 Å². The Kier molecular flexibility index (Phi) is 3.89. The zero-order valence-electron chi connectivity index (χ0n) is 12.5. The molecular formula is C17H23NO3. The van der Waals surface area contributed by atoms with Crippen LogP contribution in [-0.4, -0.2) is 33.2 Å². The van der Waals surface area contributed by atoms with Crippen molar-refractivity contribution in [2.24, 2.45) is 5.92 Å². The van der Waals surface area contributed by atoms with E-state index in [1.54, 1.807) is 6.07 Å². The number of aromatic hydroxyl groups is 1. The van der Waals surface area contributed by atoms with Gasteiger partial charge in [0.15, 0.2) is 0 Å². The molecule has 1 aromatic rings. The highest BCUT2D eigenvalue weighted by molar-refractivity contribution is 5.67. The Bertz CT molecular complexity index is 529. The normalized spacial score (nSPS) is 28.7. The van der Waals surface area contributed by atoms with Gasteiger partial charge < -0.3 is 10.2 Å². The van der Waals surface area contributed by atoms with Crippen LogP contribution in [0.4, 0.5) is 0 Å². The van der Waals surface area contributed by atoms with Gasteiger partial charge in [0.05, 0.1) is 0 Å². The first-order valence-corrected chi connectivity index (χ1v) is 7.79. The number of nitrogens with zero attached hydrogens (tertiary/aromatic N) is 1. The van der Waals surface area contributed by atoms with Crippen LogP contribution >= 0.6 is 0 Å². The molecule has 0 radical (unpaired) electrons. The van der Waals surface area contributed by atoms with Crippen molar-refractivity contribution in [1.29, 1.82) is 0 Å². The molecule has 2 bridgehead atoms. The van der Waals surface area contributed by atoms with E-state index in [0.29, 0.717) is 30.2 Å². The van der Waals surface area contributed by atoms with Gasteiger partial charge in [-0.15, -0.1) is 0 Å². The maximum absolute atomic E-state index is 10.9. The van der Waals surface area contributed by atoms with Crippen LogP contribution in [0.1, 0.15) is 43.2 Å². The minimum Gasteiger partial charge on any atom is -0.508 e. The number of phenolic OH excluding ortho intramolecular Hbond substituents is 1. The average molecular weight is 289 g/mol. The third-order valence-electron chi connectivity index (χ3n) is 5.03. The largest absolute Gasteiger partial charge is 0.508 e. The number of piperidine rings is 1. The van der Waals surface area contributed by atoms with Gasteiger partial charge in [-0.3, -0.25) is 9.69 Å². The topological polar surface area (TPSA) is 60.8 Å². The second-order valence-corrected chi connectivity index (χ2v) is 6.62. The number of benzene rings is 1. The maximum atomic E-state index is 10.9. The van der Waals surface area contributed by atoms with Gasteiger partial charge in [-0.25, -0.2) is 0 Å². The van der Waals surface area contributed by atoms with Crippen LogP contribution in [0.5, 0.6) is 5.75 Å². The van der Waals surface area contributed by atoms with Crippen molar-refractivity contribution in [3.05, 3.63) is 29.3 Å². The number of aliphatic carboxylic acids is 1. The van der Waals surface area contributed by atoms with Crippen LogP contribution in [0.15, 0.2) is 18.2 Å². The highest BCUT2D eigenvalue weighted by atomic mass is 16.4. The minimum absolute atomic E-state index is 0.302. The Labute approximate surface area is 125 Å². The average Bonchev–Trinajstić information content (AvgIpc) is 2.65. The molecule has 21 heavy (non-hydrogen) atoms. The van der Waals surface area contributed by atoms with Gasteiger partial charge in [0.25, 0.3) is 0 Å². The highest BCUT2D eigenvalue weighted by Gasteiger charge is 2.41. The molecule has 2 aliphatic heterocycles. The third-order valence-corrected chi connectivity index (χ3v) is 5.03. The number of carbonyl (C=O) groups is 1. The highest BCUT2D eigenvalue weighted by Crippen LogP contribution is 2.41. The van der Waals surface area contributed by atoms with Crippen LogP contribution in [0.2, 0.25) is 0 Å². The van der Waals surface area contributed by atoms with Crippen molar-refractivity contribution < 1.29 is 15.0 Å². The lowest BCUT2D eigenvalue weighted by Crippen LogP contribution is -2.42. The SMILES string of the molecule is Cc1ccc(O)c(CN2C3CCC2CC(CC(=O)O)C3)c1. The van der Waals surface area contributed by atoms with Crippen LogP contribution in [-0.2, 0) is 11.3 Å².